The van der Waals surface area contributed by atoms with Crippen LogP contribution in [0.2, 0.25) is 0 Å². The SMILES string of the molecule is c1ccc(-c2nc(-c3cccc(-c4ccc5c(c4)oc4ccccc45)c3)cc(-c3ccccc3-c3c4ccccc4cc4c3ccc3ccccc34)n2)cc1. The third-order valence-corrected chi connectivity index (χ3v) is 10.9. The number of aromatic nitrogens is 2. The van der Waals surface area contributed by atoms with E-state index in [9.17, 15) is 0 Å². The van der Waals surface area contributed by atoms with E-state index in [1.165, 1.54) is 37.9 Å². The zero-order valence-electron chi connectivity index (χ0n) is 29.8. The number of furan rings is 1. The van der Waals surface area contributed by atoms with Crippen molar-refractivity contribution >= 4 is 54.3 Å². The van der Waals surface area contributed by atoms with Crippen LogP contribution in [0, 0.1) is 0 Å². The molecule has 0 aliphatic carbocycles. The molecule has 3 nitrogen and oxygen atoms in total. The summed E-state index contributed by atoms with van der Waals surface area (Å²) in [6.07, 6.45) is 0. The maximum atomic E-state index is 6.26. The lowest BCUT2D eigenvalue weighted by Gasteiger charge is -2.17. The minimum Gasteiger partial charge on any atom is -0.456 e. The predicted molar refractivity (Wildman–Crippen MR) is 229 cm³/mol. The molecule has 11 rings (SSSR count). The van der Waals surface area contributed by atoms with Gasteiger partial charge < -0.3 is 4.42 Å². The van der Waals surface area contributed by atoms with Crippen LogP contribution in [0.3, 0.4) is 0 Å². The number of hydrogen-bond acceptors (Lipinski definition) is 3. The van der Waals surface area contributed by atoms with Crippen LogP contribution in [-0.2, 0) is 0 Å². The summed E-state index contributed by atoms with van der Waals surface area (Å²) in [7, 11) is 0. The van der Waals surface area contributed by atoms with E-state index in [0.717, 1.165) is 66.7 Å². The Morgan fingerprint density at radius 3 is 1.84 bits per heavy atom. The zero-order chi connectivity index (χ0) is 36.3. The van der Waals surface area contributed by atoms with E-state index in [1.807, 2.05) is 30.3 Å². The molecule has 0 bridgehead atoms. The summed E-state index contributed by atoms with van der Waals surface area (Å²) in [5.41, 5.74) is 11.1. The van der Waals surface area contributed by atoms with Gasteiger partial charge in [0.2, 0.25) is 0 Å². The van der Waals surface area contributed by atoms with Gasteiger partial charge in [0.05, 0.1) is 11.4 Å². The van der Waals surface area contributed by atoms with Gasteiger partial charge in [0.1, 0.15) is 11.2 Å². The van der Waals surface area contributed by atoms with E-state index >= 15 is 0 Å². The lowest BCUT2D eigenvalue weighted by Crippen LogP contribution is -1.97. The first-order valence-electron chi connectivity index (χ1n) is 18.6. The van der Waals surface area contributed by atoms with Gasteiger partial charge >= 0.3 is 0 Å². The minimum absolute atomic E-state index is 0.686. The molecule has 0 N–H and O–H groups in total. The second-order valence-electron chi connectivity index (χ2n) is 14.1. The predicted octanol–water partition coefficient (Wildman–Crippen LogP) is 14.2. The summed E-state index contributed by atoms with van der Waals surface area (Å²) >= 11 is 0. The Hall–Kier alpha value is -7.36. The molecule has 2 aromatic heterocycles. The molecule has 0 saturated heterocycles. The molecule has 9 aromatic carbocycles. The van der Waals surface area contributed by atoms with Gasteiger partial charge in [-0.25, -0.2) is 9.97 Å². The quantitative estimate of drug-likeness (QED) is 0.133. The first-order valence-corrected chi connectivity index (χ1v) is 18.6. The van der Waals surface area contributed by atoms with E-state index in [0.29, 0.717) is 5.82 Å². The molecule has 256 valence electrons. The molecule has 2 heterocycles. The summed E-state index contributed by atoms with van der Waals surface area (Å²) in [4.78, 5) is 10.5. The number of nitrogens with zero attached hydrogens (tertiary/aromatic N) is 2. The van der Waals surface area contributed by atoms with Crippen molar-refractivity contribution in [2.24, 2.45) is 0 Å². The highest BCUT2D eigenvalue weighted by Gasteiger charge is 2.19. The summed E-state index contributed by atoms with van der Waals surface area (Å²) in [6, 6.07) is 68.7. The molecule has 11 aromatic rings. The molecular weight excluding hydrogens is 669 g/mol. The van der Waals surface area contributed by atoms with Gasteiger partial charge in [0.15, 0.2) is 5.82 Å². The molecule has 3 heteroatoms. The van der Waals surface area contributed by atoms with Gasteiger partial charge in [-0.2, -0.15) is 0 Å². The van der Waals surface area contributed by atoms with Crippen LogP contribution in [0.1, 0.15) is 0 Å². The molecule has 0 spiro atoms. The van der Waals surface area contributed by atoms with Crippen molar-refractivity contribution in [3.8, 4) is 56.2 Å². The highest BCUT2D eigenvalue weighted by Crippen LogP contribution is 2.43. The number of rotatable bonds is 5. The Balaban J connectivity index is 1.11. The zero-order valence-corrected chi connectivity index (χ0v) is 29.8. The van der Waals surface area contributed by atoms with Gasteiger partial charge in [0, 0.05) is 27.5 Å². The molecule has 0 fully saturated rings. The van der Waals surface area contributed by atoms with Crippen molar-refractivity contribution in [1.82, 2.24) is 9.97 Å². The first kappa shape index (κ1) is 31.2. The van der Waals surface area contributed by atoms with Crippen LogP contribution in [-0.4, -0.2) is 9.97 Å². The molecule has 0 saturated carbocycles. The normalized spacial score (nSPS) is 11.6. The Morgan fingerprint density at radius 2 is 0.945 bits per heavy atom. The van der Waals surface area contributed by atoms with Crippen LogP contribution in [0.4, 0.5) is 0 Å². The van der Waals surface area contributed by atoms with Crippen molar-refractivity contribution in [3.63, 3.8) is 0 Å². The maximum Gasteiger partial charge on any atom is 0.160 e. The number of fused-ring (bicyclic) bond motifs is 7. The lowest BCUT2D eigenvalue weighted by atomic mass is 9.87. The summed E-state index contributed by atoms with van der Waals surface area (Å²) in [5.74, 6) is 0.686. The fraction of sp³-hybridized carbons (Fsp3) is 0. The highest BCUT2D eigenvalue weighted by molar-refractivity contribution is 6.21. The first-order chi connectivity index (χ1) is 27.2. The average Bonchev–Trinajstić information content (AvgIpc) is 3.64. The lowest BCUT2D eigenvalue weighted by molar-refractivity contribution is 0.669. The van der Waals surface area contributed by atoms with E-state index in [2.05, 4.69) is 164 Å². The molecule has 0 unspecified atom stereocenters. The third kappa shape index (κ3) is 5.28. The van der Waals surface area contributed by atoms with Crippen molar-refractivity contribution in [2.75, 3.05) is 0 Å². The van der Waals surface area contributed by atoms with Crippen LogP contribution in [0.5, 0.6) is 0 Å². The third-order valence-electron chi connectivity index (χ3n) is 10.9. The fourth-order valence-corrected chi connectivity index (χ4v) is 8.25. The molecule has 0 aliphatic heterocycles. The smallest absolute Gasteiger partial charge is 0.160 e. The van der Waals surface area contributed by atoms with E-state index < -0.39 is 0 Å². The van der Waals surface area contributed by atoms with Gasteiger partial charge in [-0.05, 0) is 91.0 Å². The molecule has 0 amide bonds. The second-order valence-corrected chi connectivity index (χ2v) is 14.1. The van der Waals surface area contributed by atoms with E-state index in [-0.39, 0.29) is 0 Å². The topological polar surface area (TPSA) is 38.9 Å². The van der Waals surface area contributed by atoms with Crippen LogP contribution < -0.4 is 0 Å². The minimum atomic E-state index is 0.686. The van der Waals surface area contributed by atoms with Crippen molar-refractivity contribution < 1.29 is 4.42 Å². The van der Waals surface area contributed by atoms with Crippen molar-refractivity contribution in [1.29, 1.82) is 0 Å². The monoisotopic (exact) mass is 700 g/mol. The van der Waals surface area contributed by atoms with Gasteiger partial charge in [-0.3, -0.25) is 0 Å². The summed E-state index contributed by atoms with van der Waals surface area (Å²) in [5, 5.41) is 9.62. The van der Waals surface area contributed by atoms with E-state index in [4.69, 9.17) is 14.4 Å². The molecule has 0 aliphatic rings. The molecular formula is C52H32N2O. The van der Waals surface area contributed by atoms with Gasteiger partial charge in [-0.1, -0.05) is 158 Å². The average molecular weight is 701 g/mol. The fourth-order valence-electron chi connectivity index (χ4n) is 8.25. The number of hydrogen-bond donors (Lipinski definition) is 0. The number of para-hydroxylation sites is 1. The number of benzene rings is 9. The van der Waals surface area contributed by atoms with Crippen LogP contribution in [0.25, 0.3) is 110 Å². The van der Waals surface area contributed by atoms with Gasteiger partial charge in [-0.15, -0.1) is 0 Å². The van der Waals surface area contributed by atoms with E-state index in [1.54, 1.807) is 0 Å². The highest BCUT2D eigenvalue weighted by atomic mass is 16.3. The maximum absolute atomic E-state index is 6.26. The second kappa shape index (κ2) is 12.6. The Kier molecular flexibility index (Phi) is 7.17. The Labute approximate surface area is 317 Å². The standard InChI is InChI=1S/C52H32N2O/c1-2-14-34(15-3-1)52-53-47(38-18-12-17-35(29-38)36-26-27-43-42-22-10-11-24-49(42)55-50(43)31-36)32-48(54-52)41-21-8-9-23-44(41)51-40-20-7-5-16-37(40)30-46-39-19-6-4-13-33(39)25-28-45(46)51/h1-32H. The van der Waals surface area contributed by atoms with Crippen LogP contribution in [0.15, 0.2) is 199 Å². The molecule has 0 radical (unpaired) electrons. The summed E-state index contributed by atoms with van der Waals surface area (Å²) < 4.78 is 6.26. The Bertz CT molecular complexity index is 3270. The van der Waals surface area contributed by atoms with Crippen molar-refractivity contribution in [3.05, 3.63) is 194 Å². The van der Waals surface area contributed by atoms with Gasteiger partial charge in [0.25, 0.3) is 0 Å². The molecule has 0 atom stereocenters. The van der Waals surface area contributed by atoms with Crippen LogP contribution >= 0.6 is 0 Å². The van der Waals surface area contributed by atoms with Crippen molar-refractivity contribution in [2.45, 2.75) is 0 Å². The largest absolute Gasteiger partial charge is 0.456 e. The Morgan fingerprint density at radius 1 is 0.309 bits per heavy atom. The molecule has 55 heavy (non-hydrogen) atoms. The summed E-state index contributed by atoms with van der Waals surface area (Å²) in [6.45, 7) is 0.